The van der Waals surface area contributed by atoms with E-state index in [0.717, 1.165) is 24.2 Å². The molecule has 2 aromatic carbocycles. The molecule has 0 bridgehead atoms. The van der Waals surface area contributed by atoms with Crippen molar-refractivity contribution in [2.75, 3.05) is 0 Å². The first-order chi connectivity index (χ1) is 11.2. The summed E-state index contributed by atoms with van der Waals surface area (Å²) in [6.45, 7) is 0. The van der Waals surface area contributed by atoms with Crippen LogP contribution in [0.1, 0.15) is 17.0 Å². The summed E-state index contributed by atoms with van der Waals surface area (Å²) in [4.78, 5) is 0. The Kier molecular flexibility index (Phi) is 5.00. The third kappa shape index (κ3) is 3.94. The Morgan fingerprint density at radius 1 is 1.09 bits per heavy atom. The molecule has 0 aliphatic heterocycles. The maximum atomic E-state index is 6.14. The van der Waals surface area contributed by atoms with Crippen LogP contribution in [0.3, 0.4) is 0 Å². The Hall–Kier alpha value is -2.24. The number of halogens is 1. The summed E-state index contributed by atoms with van der Waals surface area (Å²) >= 11 is 11.4. The van der Waals surface area contributed by atoms with Crippen LogP contribution in [0, 0.1) is 4.77 Å². The molecular weight excluding hydrogens is 328 g/mol. The maximum Gasteiger partial charge on any atom is 0.216 e. The molecule has 0 saturated heterocycles. The molecule has 0 radical (unpaired) electrons. The van der Waals surface area contributed by atoms with E-state index in [0.29, 0.717) is 9.79 Å². The first-order valence-corrected chi connectivity index (χ1v) is 8.02. The van der Waals surface area contributed by atoms with Gasteiger partial charge in [0.1, 0.15) is 0 Å². The molecule has 0 aliphatic rings. The lowest BCUT2D eigenvalue weighted by molar-refractivity contribution is 0.750. The van der Waals surface area contributed by atoms with Gasteiger partial charge in [0.15, 0.2) is 5.82 Å². The highest BCUT2D eigenvalue weighted by atomic mass is 35.5. The van der Waals surface area contributed by atoms with Crippen LogP contribution in [0.2, 0.25) is 5.02 Å². The zero-order chi connectivity index (χ0) is 16.1. The van der Waals surface area contributed by atoms with Crippen LogP contribution in [0.25, 0.3) is 0 Å². The van der Waals surface area contributed by atoms with Gasteiger partial charge in [-0.05, 0) is 30.3 Å². The van der Waals surface area contributed by atoms with E-state index in [9.17, 15) is 0 Å². The van der Waals surface area contributed by atoms with Gasteiger partial charge in [0.05, 0.1) is 6.21 Å². The second-order valence-electron chi connectivity index (χ2n) is 5.01. The third-order valence-corrected chi connectivity index (χ3v) is 4.02. The topological polar surface area (TPSA) is 46.0 Å². The van der Waals surface area contributed by atoms with Gasteiger partial charge in [0.25, 0.3) is 0 Å². The Bertz CT molecular complexity index is 868. The van der Waals surface area contributed by atoms with Crippen molar-refractivity contribution in [3.8, 4) is 0 Å². The van der Waals surface area contributed by atoms with Crippen molar-refractivity contribution in [1.82, 2.24) is 14.9 Å². The molecule has 3 rings (SSSR count). The number of nitrogens with zero attached hydrogens (tertiary/aromatic N) is 3. The van der Waals surface area contributed by atoms with Crippen LogP contribution in [-0.4, -0.2) is 21.1 Å². The number of aromatic amines is 1. The molecule has 23 heavy (non-hydrogen) atoms. The van der Waals surface area contributed by atoms with E-state index in [1.165, 1.54) is 5.56 Å². The van der Waals surface area contributed by atoms with Crippen LogP contribution >= 0.6 is 23.8 Å². The summed E-state index contributed by atoms with van der Waals surface area (Å²) in [5.74, 6) is 0.794. The molecule has 116 valence electrons. The van der Waals surface area contributed by atoms with Crippen molar-refractivity contribution in [3.05, 3.63) is 81.3 Å². The molecular formula is C17H15ClN4S. The molecule has 1 aromatic heterocycles. The third-order valence-electron chi connectivity index (χ3n) is 3.42. The quantitative estimate of drug-likeness (QED) is 0.556. The van der Waals surface area contributed by atoms with Crippen LogP contribution in [-0.2, 0) is 12.8 Å². The van der Waals surface area contributed by atoms with Gasteiger partial charge in [-0.1, -0.05) is 60.1 Å². The number of aromatic nitrogens is 3. The molecule has 6 heteroatoms. The van der Waals surface area contributed by atoms with Crippen LogP contribution in [0.4, 0.5) is 0 Å². The molecule has 0 aliphatic carbocycles. The van der Waals surface area contributed by atoms with Crippen molar-refractivity contribution >= 4 is 30.0 Å². The summed E-state index contributed by atoms with van der Waals surface area (Å²) in [5.41, 5.74) is 2.09. The highest BCUT2D eigenvalue weighted by Crippen LogP contribution is 2.13. The van der Waals surface area contributed by atoms with Gasteiger partial charge < -0.3 is 0 Å². The second kappa shape index (κ2) is 7.35. The largest absolute Gasteiger partial charge is 0.250 e. The Balaban J connectivity index is 1.79. The van der Waals surface area contributed by atoms with Crippen molar-refractivity contribution in [3.63, 3.8) is 0 Å². The zero-order valence-corrected chi connectivity index (χ0v) is 13.9. The number of nitrogens with one attached hydrogen (secondary N) is 1. The predicted molar refractivity (Wildman–Crippen MR) is 95.7 cm³/mol. The van der Waals surface area contributed by atoms with E-state index >= 15 is 0 Å². The van der Waals surface area contributed by atoms with E-state index in [1.807, 2.05) is 42.5 Å². The van der Waals surface area contributed by atoms with Gasteiger partial charge >= 0.3 is 0 Å². The van der Waals surface area contributed by atoms with E-state index in [1.54, 1.807) is 10.9 Å². The number of rotatable bonds is 5. The monoisotopic (exact) mass is 342 g/mol. The summed E-state index contributed by atoms with van der Waals surface area (Å²) < 4.78 is 2.11. The van der Waals surface area contributed by atoms with Crippen LogP contribution in [0.5, 0.6) is 0 Å². The molecule has 0 spiro atoms. The van der Waals surface area contributed by atoms with Crippen molar-refractivity contribution < 1.29 is 0 Å². The number of H-pyrrole nitrogens is 1. The fourth-order valence-corrected chi connectivity index (χ4v) is 2.59. The standard InChI is InChI=1S/C17H15ClN4S/c18-15-9-5-4-8-14(15)12-19-22-16(20-21-17(22)23)11-10-13-6-2-1-3-7-13/h1-9,12H,10-11H2,(H,21,23)/b19-12-. The molecule has 1 N–H and O–H groups in total. The van der Waals surface area contributed by atoms with Crippen molar-refractivity contribution in [2.45, 2.75) is 12.8 Å². The number of benzene rings is 2. The highest BCUT2D eigenvalue weighted by molar-refractivity contribution is 7.71. The minimum absolute atomic E-state index is 0.469. The smallest absolute Gasteiger partial charge is 0.216 e. The molecule has 0 fully saturated rings. The summed E-state index contributed by atoms with van der Waals surface area (Å²) in [6.07, 6.45) is 3.32. The SMILES string of the molecule is S=c1[nH]nc(CCc2ccccc2)n1/N=C\c1ccccc1Cl. The molecule has 4 nitrogen and oxygen atoms in total. The Labute approximate surface area is 144 Å². The van der Waals surface area contributed by atoms with Crippen LogP contribution in [0.15, 0.2) is 59.7 Å². The van der Waals surface area contributed by atoms with Crippen molar-refractivity contribution in [1.29, 1.82) is 0 Å². The van der Waals surface area contributed by atoms with E-state index in [-0.39, 0.29) is 0 Å². The lowest BCUT2D eigenvalue weighted by atomic mass is 10.1. The maximum absolute atomic E-state index is 6.14. The summed E-state index contributed by atoms with van der Waals surface area (Å²) in [5, 5.41) is 12.1. The van der Waals surface area contributed by atoms with Gasteiger partial charge in [-0.3, -0.25) is 5.10 Å². The predicted octanol–water partition coefficient (Wildman–Crippen LogP) is 4.26. The molecule has 0 saturated carbocycles. The normalized spacial score (nSPS) is 11.2. The molecule has 0 amide bonds. The molecule has 1 heterocycles. The van der Waals surface area contributed by atoms with Gasteiger partial charge in [-0.2, -0.15) is 14.9 Å². The van der Waals surface area contributed by atoms with Gasteiger partial charge in [-0.25, -0.2) is 0 Å². The minimum Gasteiger partial charge on any atom is -0.250 e. The van der Waals surface area contributed by atoms with E-state index in [2.05, 4.69) is 27.4 Å². The summed E-state index contributed by atoms with van der Waals surface area (Å²) in [7, 11) is 0. The second-order valence-corrected chi connectivity index (χ2v) is 5.80. The fourth-order valence-electron chi connectivity index (χ4n) is 2.21. The van der Waals surface area contributed by atoms with Gasteiger partial charge in [0.2, 0.25) is 4.77 Å². The first-order valence-electron chi connectivity index (χ1n) is 7.23. The number of aryl methyl sites for hydroxylation is 2. The van der Waals surface area contributed by atoms with Crippen LogP contribution < -0.4 is 0 Å². The lowest BCUT2D eigenvalue weighted by Gasteiger charge is -2.02. The molecule has 0 atom stereocenters. The van der Waals surface area contributed by atoms with Gasteiger partial charge in [-0.15, -0.1) is 0 Å². The van der Waals surface area contributed by atoms with E-state index < -0.39 is 0 Å². The molecule has 3 aromatic rings. The van der Waals surface area contributed by atoms with Crippen molar-refractivity contribution in [2.24, 2.45) is 5.10 Å². The minimum atomic E-state index is 0.469. The Morgan fingerprint density at radius 3 is 2.61 bits per heavy atom. The summed E-state index contributed by atoms with van der Waals surface area (Å²) in [6, 6.07) is 17.8. The number of hydrogen-bond acceptors (Lipinski definition) is 3. The van der Waals surface area contributed by atoms with E-state index in [4.69, 9.17) is 23.8 Å². The first kappa shape index (κ1) is 15.6. The highest BCUT2D eigenvalue weighted by Gasteiger charge is 2.05. The van der Waals surface area contributed by atoms with Gasteiger partial charge in [0, 0.05) is 17.0 Å². The zero-order valence-electron chi connectivity index (χ0n) is 12.3. The molecule has 0 unspecified atom stereocenters. The lowest BCUT2D eigenvalue weighted by Crippen LogP contribution is -2.01. The fraction of sp³-hybridized carbons (Fsp3) is 0.118. The average molecular weight is 343 g/mol. The number of hydrogen-bond donors (Lipinski definition) is 1. The average Bonchev–Trinajstić information content (AvgIpc) is 2.93. The Morgan fingerprint density at radius 2 is 1.83 bits per heavy atom.